The normalized spacial score (nSPS) is 11.8. The lowest BCUT2D eigenvalue weighted by Gasteiger charge is -2.12. The summed E-state index contributed by atoms with van der Waals surface area (Å²) in [6, 6.07) is 7.93. The smallest absolute Gasteiger partial charge is 0.272 e. The van der Waals surface area contributed by atoms with E-state index in [0.29, 0.717) is 38.9 Å². The number of allylic oxidation sites excluding steroid dienone is 1. The fourth-order valence-corrected chi connectivity index (χ4v) is 4.00. The SMILES string of the molecule is C=CCn1c(=NC(=O)C=Cc2cc(OC)c(OC)c(OC)c2)sc2cc(F)ccc21. The van der Waals surface area contributed by atoms with Crippen molar-refractivity contribution in [1.29, 1.82) is 0 Å². The summed E-state index contributed by atoms with van der Waals surface area (Å²) in [5, 5.41) is 0. The minimum atomic E-state index is -0.450. The summed E-state index contributed by atoms with van der Waals surface area (Å²) in [6.45, 7) is 4.19. The zero-order valence-electron chi connectivity index (χ0n) is 16.8. The number of carbonyl (C=O) groups is 1. The highest BCUT2D eigenvalue weighted by molar-refractivity contribution is 7.16. The summed E-state index contributed by atoms with van der Waals surface area (Å²) in [5.74, 6) is 0.645. The summed E-state index contributed by atoms with van der Waals surface area (Å²) in [5.41, 5.74) is 1.48. The van der Waals surface area contributed by atoms with Crippen LogP contribution >= 0.6 is 11.3 Å². The third-order valence-electron chi connectivity index (χ3n) is 4.27. The van der Waals surface area contributed by atoms with Crippen LogP contribution in [0.1, 0.15) is 5.56 Å². The molecule has 0 aliphatic rings. The number of hydrogen-bond donors (Lipinski definition) is 0. The Kier molecular flexibility index (Phi) is 6.68. The molecule has 1 aromatic heterocycles. The van der Waals surface area contributed by atoms with E-state index in [1.807, 2.05) is 4.57 Å². The van der Waals surface area contributed by atoms with E-state index in [-0.39, 0.29) is 5.82 Å². The molecule has 0 atom stereocenters. The largest absolute Gasteiger partial charge is 0.493 e. The highest BCUT2D eigenvalue weighted by Crippen LogP contribution is 2.38. The maximum Gasteiger partial charge on any atom is 0.272 e. The molecule has 3 aromatic rings. The first kappa shape index (κ1) is 21.3. The van der Waals surface area contributed by atoms with Crippen molar-refractivity contribution in [3.8, 4) is 17.2 Å². The lowest BCUT2D eigenvalue weighted by Crippen LogP contribution is -2.15. The number of aromatic nitrogens is 1. The van der Waals surface area contributed by atoms with Crippen molar-refractivity contribution >= 4 is 33.5 Å². The first-order valence-electron chi connectivity index (χ1n) is 8.97. The van der Waals surface area contributed by atoms with Gasteiger partial charge in [-0.1, -0.05) is 17.4 Å². The lowest BCUT2D eigenvalue weighted by molar-refractivity contribution is -0.113. The van der Waals surface area contributed by atoms with Crippen molar-refractivity contribution in [3.63, 3.8) is 0 Å². The van der Waals surface area contributed by atoms with Gasteiger partial charge in [0, 0.05) is 12.6 Å². The molecule has 0 spiro atoms. The van der Waals surface area contributed by atoms with E-state index in [4.69, 9.17) is 14.2 Å². The summed E-state index contributed by atoms with van der Waals surface area (Å²) >= 11 is 1.24. The summed E-state index contributed by atoms with van der Waals surface area (Å²) in [6.07, 6.45) is 4.66. The van der Waals surface area contributed by atoms with E-state index in [1.165, 1.54) is 50.9 Å². The van der Waals surface area contributed by atoms with Crippen molar-refractivity contribution in [2.45, 2.75) is 6.54 Å². The quantitative estimate of drug-likeness (QED) is 0.418. The van der Waals surface area contributed by atoms with Gasteiger partial charge in [0.1, 0.15) is 5.82 Å². The van der Waals surface area contributed by atoms with E-state index in [9.17, 15) is 9.18 Å². The van der Waals surface area contributed by atoms with Gasteiger partial charge in [-0.05, 0) is 42.0 Å². The van der Waals surface area contributed by atoms with Crippen LogP contribution in [0.5, 0.6) is 17.2 Å². The molecule has 0 saturated carbocycles. The molecule has 30 heavy (non-hydrogen) atoms. The third-order valence-corrected chi connectivity index (χ3v) is 5.31. The predicted octanol–water partition coefficient (Wildman–Crippen LogP) is 4.19. The Labute approximate surface area is 177 Å². The van der Waals surface area contributed by atoms with Crippen LogP contribution in [0.25, 0.3) is 16.3 Å². The highest BCUT2D eigenvalue weighted by Gasteiger charge is 2.12. The molecule has 6 nitrogen and oxygen atoms in total. The van der Waals surface area contributed by atoms with Crippen LogP contribution in [0.15, 0.2) is 54.1 Å². The maximum absolute atomic E-state index is 13.6. The Morgan fingerprint density at radius 3 is 2.47 bits per heavy atom. The number of methoxy groups -OCH3 is 3. The van der Waals surface area contributed by atoms with Crippen LogP contribution < -0.4 is 19.0 Å². The number of ether oxygens (including phenoxy) is 3. The number of hydrogen-bond acceptors (Lipinski definition) is 5. The van der Waals surface area contributed by atoms with Crippen LogP contribution in [0.4, 0.5) is 4.39 Å². The molecule has 2 aromatic carbocycles. The standard InChI is InChI=1S/C22H21FN2O4S/c1-5-10-25-16-8-7-15(23)13-19(16)30-22(25)24-20(26)9-6-14-11-17(27-2)21(29-4)18(12-14)28-3/h5-9,11-13H,1,10H2,2-4H3. The molecule has 0 N–H and O–H groups in total. The van der Waals surface area contributed by atoms with E-state index in [1.54, 1.807) is 30.4 Å². The van der Waals surface area contributed by atoms with Gasteiger partial charge in [-0.15, -0.1) is 6.58 Å². The van der Waals surface area contributed by atoms with Gasteiger partial charge >= 0.3 is 0 Å². The Balaban J connectivity index is 1.97. The fraction of sp³-hybridized carbons (Fsp3) is 0.182. The number of carbonyl (C=O) groups excluding carboxylic acids is 1. The molecule has 0 unspecified atom stereocenters. The summed E-state index contributed by atoms with van der Waals surface area (Å²) in [7, 11) is 4.56. The molecule has 0 aliphatic heterocycles. The monoisotopic (exact) mass is 428 g/mol. The minimum absolute atomic E-state index is 0.338. The molecular weight excluding hydrogens is 407 g/mol. The van der Waals surface area contributed by atoms with Crippen LogP contribution in [-0.4, -0.2) is 31.8 Å². The second-order valence-electron chi connectivity index (χ2n) is 6.14. The second-order valence-corrected chi connectivity index (χ2v) is 7.15. The van der Waals surface area contributed by atoms with Crippen LogP contribution in [0, 0.1) is 5.82 Å². The average Bonchev–Trinajstić information content (AvgIpc) is 3.07. The molecule has 1 heterocycles. The molecule has 0 fully saturated rings. The van der Waals surface area contributed by atoms with Gasteiger partial charge in [0.05, 0.1) is 31.5 Å². The Hall–Kier alpha value is -3.39. The number of benzene rings is 2. The first-order chi connectivity index (χ1) is 14.5. The van der Waals surface area contributed by atoms with Gasteiger partial charge < -0.3 is 18.8 Å². The van der Waals surface area contributed by atoms with Gasteiger partial charge in [-0.3, -0.25) is 4.79 Å². The van der Waals surface area contributed by atoms with Crippen LogP contribution in [0.3, 0.4) is 0 Å². The van der Waals surface area contributed by atoms with E-state index >= 15 is 0 Å². The van der Waals surface area contributed by atoms with Gasteiger partial charge in [0.15, 0.2) is 16.3 Å². The second kappa shape index (κ2) is 9.41. The number of amides is 1. The van der Waals surface area contributed by atoms with Gasteiger partial charge in [-0.2, -0.15) is 4.99 Å². The van der Waals surface area contributed by atoms with Crippen LogP contribution in [-0.2, 0) is 11.3 Å². The Bertz CT molecular complexity index is 1170. The molecule has 0 radical (unpaired) electrons. The number of rotatable bonds is 7. The third kappa shape index (κ3) is 4.44. The van der Waals surface area contributed by atoms with Crippen molar-refractivity contribution in [3.05, 3.63) is 65.2 Å². The molecule has 3 rings (SSSR count). The molecule has 0 bridgehead atoms. The number of halogens is 1. The Morgan fingerprint density at radius 2 is 1.87 bits per heavy atom. The average molecular weight is 428 g/mol. The Morgan fingerprint density at radius 1 is 1.17 bits per heavy atom. The van der Waals surface area contributed by atoms with E-state index < -0.39 is 5.91 Å². The van der Waals surface area contributed by atoms with Gasteiger partial charge in [0.2, 0.25) is 5.75 Å². The minimum Gasteiger partial charge on any atom is -0.493 e. The van der Waals surface area contributed by atoms with Gasteiger partial charge in [0.25, 0.3) is 5.91 Å². The van der Waals surface area contributed by atoms with Gasteiger partial charge in [-0.25, -0.2) is 4.39 Å². The van der Waals surface area contributed by atoms with Crippen LogP contribution in [0.2, 0.25) is 0 Å². The summed E-state index contributed by atoms with van der Waals surface area (Å²) in [4.78, 5) is 17.1. The van der Waals surface area contributed by atoms with Crippen molar-refractivity contribution in [2.75, 3.05) is 21.3 Å². The number of fused-ring (bicyclic) bond motifs is 1. The highest BCUT2D eigenvalue weighted by atomic mass is 32.1. The molecular formula is C22H21FN2O4S. The van der Waals surface area contributed by atoms with E-state index in [2.05, 4.69) is 11.6 Å². The molecule has 156 valence electrons. The zero-order valence-corrected chi connectivity index (χ0v) is 17.7. The molecule has 0 aliphatic carbocycles. The zero-order chi connectivity index (χ0) is 21.7. The predicted molar refractivity (Wildman–Crippen MR) is 116 cm³/mol. The summed E-state index contributed by atoms with van der Waals surface area (Å²) < 4.78 is 32.0. The lowest BCUT2D eigenvalue weighted by atomic mass is 10.1. The molecule has 0 saturated heterocycles. The van der Waals surface area contributed by atoms with Crippen molar-refractivity contribution in [1.82, 2.24) is 4.57 Å². The molecule has 8 heteroatoms. The molecule has 1 amide bonds. The van der Waals surface area contributed by atoms with Crippen molar-refractivity contribution < 1.29 is 23.4 Å². The fourth-order valence-electron chi connectivity index (χ4n) is 2.93. The maximum atomic E-state index is 13.6. The number of thiazole rings is 1. The number of nitrogens with zero attached hydrogens (tertiary/aromatic N) is 2. The first-order valence-corrected chi connectivity index (χ1v) is 9.79. The topological polar surface area (TPSA) is 62.1 Å². The van der Waals surface area contributed by atoms with E-state index in [0.717, 1.165) is 5.52 Å². The van der Waals surface area contributed by atoms with Crippen molar-refractivity contribution in [2.24, 2.45) is 4.99 Å².